The zero-order valence-electron chi connectivity index (χ0n) is 36.0. The fourth-order valence-electron chi connectivity index (χ4n) is 9.52. The molecule has 0 saturated heterocycles. The molecular formula is C50H57N3O10. The van der Waals surface area contributed by atoms with Crippen LogP contribution in [0.3, 0.4) is 0 Å². The van der Waals surface area contributed by atoms with E-state index in [1.54, 1.807) is 32.2 Å². The van der Waals surface area contributed by atoms with Crippen molar-refractivity contribution in [3.63, 3.8) is 0 Å². The maximum atomic E-state index is 13.7. The average molecular weight is 860 g/mol. The second-order valence-electron chi connectivity index (χ2n) is 16.3. The number of non-ortho nitro benzene ring substituents is 1. The van der Waals surface area contributed by atoms with E-state index < -0.39 is 28.8 Å². The summed E-state index contributed by atoms with van der Waals surface area (Å²) in [6.45, 7) is 6.22. The van der Waals surface area contributed by atoms with Gasteiger partial charge in [0.1, 0.15) is 29.9 Å². The van der Waals surface area contributed by atoms with Crippen molar-refractivity contribution < 1.29 is 43.7 Å². The molecule has 0 bridgehead atoms. The molecule has 1 fully saturated rings. The lowest BCUT2D eigenvalue weighted by Crippen LogP contribution is -2.69. The second-order valence-corrected chi connectivity index (χ2v) is 16.3. The van der Waals surface area contributed by atoms with Gasteiger partial charge in [0.15, 0.2) is 0 Å². The smallest absolute Gasteiger partial charge is 0.409 e. The fraction of sp³-hybridized carbons (Fsp3) is 0.400. The molecule has 0 spiro atoms. The number of fused-ring (bicyclic) bond motifs is 2. The standard InChI is InChI=1S/C50H57N3O10/c1-4-29-60-50-46(52(3)49(56)59-5-2)32-44(51-61-33-34-17-21-38(22-18-34)53(57)58)42-30-37(15-9-11-27-54)41(16-10-12-28-55)47(48(42)50)43-31-40(25-26-45(43)63-50)62-39-23-19-36(20-24-39)35-13-7-6-8-14-35/h4,6-8,13-14,17-26,30-31,37,41,46-48,54-55H,1,5,9-12,15-16,27-29,32-33H2,2-3H3. The highest BCUT2D eigenvalue weighted by Crippen LogP contribution is 2.62. The summed E-state index contributed by atoms with van der Waals surface area (Å²) in [6.07, 6.45) is 8.00. The number of unbranched alkanes of at least 4 members (excludes halogenated alkanes) is 2. The lowest BCUT2D eigenvalue weighted by Gasteiger charge is -2.59. The first-order valence-electron chi connectivity index (χ1n) is 21.9. The van der Waals surface area contributed by atoms with Crippen molar-refractivity contribution in [2.75, 3.05) is 33.5 Å². The summed E-state index contributed by atoms with van der Waals surface area (Å²) >= 11 is 0. The Bertz CT molecular complexity index is 2250. The highest BCUT2D eigenvalue weighted by Gasteiger charge is 2.65. The molecule has 1 amide bonds. The first kappa shape index (κ1) is 45.0. The van der Waals surface area contributed by atoms with E-state index in [9.17, 15) is 25.1 Å². The van der Waals surface area contributed by atoms with Crippen LogP contribution in [0.25, 0.3) is 11.1 Å². The average Bonchev–Trinajstić information content (AvgIpc) is 3.30. The molecule has 63 heavy (non-hydrogen) atoms. The number of ether oxygens (including phenoxy) is 4. The van der Waals surface area contributed by atoms with Crippen LogP contribution in [-0.4, -0.2) is 77.1 Å². The molecule has 1 saturated carbocycles. The normalized spacial score (nSPS) is 22.8. The Labute approximate surface area is 368 Å². The third-order valence-corrected chi connectivity index (χ3v) is 12.4. The van der Waals surface area contributed by atoms with Crippen LogP contribution in [0.1, 0.15) is 68.9 Å². The number of nitrogens with zero attached hydrogens (tertiary/aromatic N) is 3. The molecule has 6 unspecified atom stereocenters. The summed E-state index contributed by atoms with van der Waals surface area (Å²) in [5.41, 5.74) is 5.28. The second kappa shape index (κ2) is 20.9. The summed E-state index contributed by atoms with van der Waals surface area (Å²) in [7, 11) is 1.68. The predicted octanol–water partition coefficient (Wildman–Crippen LogP) is 9.98. The van der Waals surface area contributed by atoms with Crippen LogP contribution >= 0.6 is 0 Å². The number of carbonyl (C=O) groups excluding carboxylic acids is 1. The number of aliphatic hydroxyl groups is 2. The molecule has 1 heterocycles. The summed E-state index contributed by atoms with van der Waals surface area (Å²) in [5, 5.41) is 35.9. The van der Waals surface area contributed by atoms with Crippen molar-refractivity contribution in [1.82, 2.24) is 4.90 Å². The molecule has 4 aromatic carbocycles. The number of amides is 1. The van der Waals surface area contributed by atoms with Gasteiger partial charge in [-0.3, -0.25) is 10.1 Å². The zero-order chi connectivity index (χ0) is 44.3. The summed E-state index contributed by atoms with van der Waals surface area (Å²) in [4.78, 5) is 32.2. The van der Waals surface area contributed by atoms with Gasteiger partial charge in [-0.15, -0.1) is 6.58 Å². The van der Waals surface area contributed by atoms with Gasteiger partial charge in [-0.25, -0.2) is 4.79 Å². The minimum Gasteiger partial charge on any atom is -0.459 e. The highest BCUT2D eigenvalue weighted by atomic mass is 16.7. The molecular weight excluding hydrogens is 803 g/mol. The topological polar surface area (TPSA) is 162 Å². The monoisotopic (exact) mass is 859 g/mol. The number of aliphatic hydroxyl groups excluding tert-OH is 2. The van der Waals surface area contributed by atoms with Gasteiger partial charge in [0.2, 0.25) is 5.79 Å². The van der Waals surface area contributed by atoms with Crippen LogP contribution in [0.5, 0.6) is 17.2 Å². The molecule has 332 valence electrons. The van der Waals surface area contributed by atoms with E-state index in [-0.39, 0.29) is 62.9 Å². The molecule has 2 N–H and O–H groups in total. The van der Waals surface area contributed by atoms with Crippen LogP contribution < -0.4 is 9.47 Å². The van der Waals surface area contributed by atoms with E-state index >= 15 is 0 Å². The summed E-state index contributed by atoms with van der Waals surface area (Å²) in [6, 6.07) is 29.4. The van der Waals surface area contributed by atoms with Crippen LogP contribution in [0.2, 0.25) is 0 Å². The number of nitro benzene ring substituents is 1. The predicted molar refractivity (Wildman–Crippen MR) is 240 cm³/mol. The van der Waals surface area contributed by atoms with Crippen LogP contribution in [0.15, 0.2) is 127 Å². The highest BCUT2D eigenvalue weighted by molar-refractivity contribution is 6.03. The Morgan fingerprint density at radius 2 is 1.65 bits per heavy atom. The van der Waals surface area contributed by atoms with Gasteiger partial charge < -0.3 is 38.9 Å². The van der Waals surface area contributed by atoms with Gasteiger partial charge >= 0.3 is 6.09 Å². The lowest BCUT2D eigenvalue weighted by molar-refractivity contribution is -0.384. The molecule has 13 nitrogen and oxygen atoms in total. The van der Waals surface area contributed by atoms with Gasteiger partial charge in [-0.05, 0) is 109 Å². The van der Waals surface area contributed by atoms with Gasteiger partial charge in [0, 0.05) is 50.3 Å². The Morgan fingerprint density at radius 1 is 0.952 bits per heavy atom. The van der Waals surface area contributed by atoms with Gasteiger partial charge in [0.25, 0.3) is 5.69 Å². The number of hydrogen-bond acceptors (Lipinski definition) is 11. The molecule has 2 aliphatic carbocycles. The molecule has 0 radical (unpaired) electrons. The molecule has 4 aromatic rings. The van der Waals surface area contributed by atoms with Crippen molar-refractivity contribution >= 4 is 17.5 Å². The Balaban J connectivity index is 1.36. The number of nitro groups is 1. The van der Waals surface area contributed by atoms with E-state index in [0.29, 0.717) is 41.4 Å². The minimum absolute atomic E-state index is 0.0210. The van der Waals surface area contributed by atoms with E-state index in [4.69, 9.17) is 28.9 Å². The lowest BCUT2D eigenvalue weighted by atomic mass is 9.55. The fourth-order valence-corrected chi connectivity index (χ4v) is 9.52. The molecule has 1 aliphatic heterocycles. The SMILES string of the molecule is C=CCOC12Oc3ccc(Oc4ccc(-c5ccccc5)cc4)cc3C3C(CCCCO)C(CCCCO)C=C(C(=NOCc4ccc([N+](=O)[O-])cc4)CC1N(C)C(=O)OCC)C32. The van der Waals surface area contributed by atoms with Crippen LogP contribution in [-0.2, 0) is 20.9 Å². The van der Waals surface area contributed by atoms with Crippen molar-refractivity contribution in [2.45, 2.75) is 76.2 Å². The van der Waals surface area contributed by atoms with E-state index in [1.807, 2.05) is 54.6 Å². The number of rotatable bonds is 20. The maximum absolute atomic E-state index is 13.7. The Kier molecular flexibility index (Phi) is 14.9. The maximum Gasteiger partial charge on any atom is 0.409 e. The number of likely N-dealkylation sites (N-methyl/N-ethyl adjacent to an activating group) is 1. The van der Waals surface area contributed by atoms with Crippen molar-refractivity contribution in [2.24, 2.45) is 22.9 Å². The van der Waals surface area contributed by atoms with E-state index in [0.717, 1.165) is 47.9 Å². The van der Waals surface area contributed by atoms with Crippen molar-refractivity contribution in [1.29, 1.82) is 0 Å². The molecule has 6 atom stereocenters. The van der Waals surface area contributed by atoms with Gasteiger partial charge in [-0.1, -0.05) is 72.6 Å². The first-order chi connectivity index (χ1) is 30.7. The van der Waals surface area contributed by atoms with Crippen molar-refractivity contribution in [3.05, 3.63) is 143 Å². The number of oxime groups is 1. The van der Waals surface area contributed by atoms with E-state index in [2.05, 4.69) is 30.9 Å². The summed E-state index contributed by atoms with van der Waals surface area (Å²) < 4.78 is 26.3. The van der Waals surface area contributed by atoms with Gasteiger partial charge in [0.05, 0.1) is 29.8 Å². The zero-order valence-corrected chi connectivity index (χ0v) is 36.0. The van der Waals surface area contributed by atoms with Gasteiger partial charge in [-0.2, -0.15) is 0 Å². The number of hydrogen-bond donors (Lipinski definition) is 2. The molecule has 0 aromatic heterocycles. The number of allylic oxidation sites excluding steroid dienone is 1. The number of benzene rings is 4. The molecule has 13 heteroatoms. The quantitative estimate of drug-likeness (QED) is 0.0379. The van der Waals surface area contributed by atoms with Crippen molar-refractivity contribution in [3.8, 4) is 28.4 Å². The number of carbonyl (C=O) groups is 1. The van der Waals surface area contributed by atoms with Crippen LogP contribution in [0.4, 0.5) is 10.5 Å². The first-order valence-corrected chi connectivity index (χ1v) is 21.9. The third kappa shape index (κ3) is 9.96. The molecule has 3 aliphatic rings. The molecule has 7 rings (SSSR count). The third-order valence-electron chi connectivity index (χ3n) is 12.4. The van der Waals surface area contributed by atoms with Crippen LogP contribution in [0, 0.1) is 27.9 Å². The van der Waals surface area contributed by atoms with E-state index in [1.165, 1.54) is 17.0 Å². The minimum atomic E-state index is -1.43. The Hall–Kier alpha value is -6.02. The Morgan fingerprint density at radius 3 is 2.33 bits per heavy atom. The largest absolute Gasteiger partial charge is 0.459 e. The summed E-state index contributed by atoms with van der Waals surface area (Å²) in [5.74, 6) is -0.244.